The van der Waals surface area contributed by atoms with Gasteiger partial charge in [-0.05, 0) is 19.2 Å². The van der Waals surface area contributed by atoms with Crippen LogP contribution in [0.3, 0.4) is 0 Å². The molecule has 0 unspecified atom stereocenters. The smallest absolute Gasteiger partial charge is 0.129 e. The summed E-state index contributed by atoms with van der Waals surface area (Å²) in [5, 5.41) is 4.57. The van der Waals surface area contributed by atoms with E-state index in [0.29, 0.717) is 23.7 Å². The van der Waals surface area contributed by atoms with E-state index < -0.39 is 0 Å². The second kappa shape index (κ2) is 5.50. The molecule has 0 aliphatic heterocycles. The summed E-state index contributed by atoms with van der Waals surface area (Å²) < 4.78 is 15.4. The first-order valence-electron chi connectivity index (χ1n) is 5.65. The summed E-state index contributed by atoms with van der Waals surface area (Å²) >= 11 is 6.00. The quantitative estimate of drug-likeness (QED) is 0.849. The van der Waals surface area contributed by atoms with Crippen molar-refractivity contribution in [2.24, 2.45) is 7.05 Å². The summed E-state index contributed by atoms with van der Waals surface area (Å²) in [6.07, 6.45) is 3.75. The molecule has 3 nitrogen and oxygen atoms in total. The van der Waals surface area contributed by atoms with Crippen LogP contribution in [-0.2, 0) is 20.1 Å². The van der Waals surface area contributed by atoms with Crippen LogP contribution in [0.15, 0.2) is 30.6 Å². The van der Waals surface area contributed by atoms with E-state index in [2.05, 4.69) is 5.10 Å². The highest BCUT2D eigenvalue weighted by Crippen LogP contribution is 2.20. The van der Waals surface area contributed by atoms with Crippen LogP contribution in [0.25, 0.3) is 0 Å². The van der Waals surface area contributed by atoms with Gasteiger partial charge in [-0.25, -0.2) is 4.39 Å². The lowest BCUT2D eigenvalue weighted by atomic mass is 10.2. The van der Waals surface area contributed by atoms with Gasteiger partial charge in [-0.15, -0.1) is 0 Å². The van der Waals surface area contributed by atoms with Crippen molar-refractivity contribution in [2.75, 3.05) is 7.05 Å². The molecule has 0 aliphatic carbocycles. The molecule has 2 aromatic rings. The van der Waals surface area contributed by atoms with Crippen LogP contribution in [0.4, 0.5) is 4.39 Å². The third-order valence-electron chi connectivity index (χ3n) is 2.70. The Kier molecular flexibility index (Phi) is 3.99. The zero-order valence-electron chi connectivity index (χ0n) is 10.4. The van der Waals surface area contributed by atoms with Gasteiger partial charge in [-0.1, -0.05) is 17.7 Å². The molecular weight excluding hydrogens is 253 g/mol. The molecule has 1 heterocycles. The average Bonchev–Trinajstić information content (AvgIpc) is 2.69. The Morgan fingerprint density at radius 3 is 2.78 bits per heavy atom. The molecule has 0 saturated heterocycles. The van der Waals surface area contributed by atoms with Crippen molar-refractivity contribution in [1.29, 1.82) is 0 Å². The number of nitrogens with zero attached hydrogens (tertiary/aromatic N) is 3. The van der Waals surface area contributed by atoms with E-state index in [4.69, 9.17) is 11.6 Å². The third kappa shape index (κ3) is 3.09. The molecule has 0 fully saturated rings. The maximum Gasteiger partial charge on any atom is 0.129 e. The first-order chi connectivity index (χ1) is 8.56. The lowest BCUT2D eigenvalue weighted by Crippen LogP contribution is -2.18. The van der Waals surface area contributed by atoms with Crippen molar-refractivity contribution in [2.45, 2.75) is 13.1 Å². The van der Waals surface area contributed by atoms with Crippen LogP contribution in [0.2, 0.25) is 5.02 Å². The maximum absolute atomic E-state index is 13.6. The first-order valence-corrected chi connectivity index (χ1v) is 6.03. The molecule has 0 bridgehead atoms. The zero-order chi connectivity index (χ0) is 13.1. The van der Waals surface area contributed by atoms with Crippen LogP contribution in [0.1, 0.15) is 11.1 Å². The second-order valence-corrected chi connectivity index (χ2v) is 4.80. The molecule has 0 radical (unpaired) electrons. The molecule has 0 atom stereocenters. The highest BCUT2D eigenvalue weighted by Gasteiger charge is 2.10. The van der Waals surface area contributed by atoms with E-state index >= 15 is 0 Å². The maximum atomic E-state index is 13.6. The SMILES string of the molecule is CN(Cc1cnn(C)c1)Cc1c(F)cccc1Cl. The fraction of sp³-hybridized carbons (Fsp3) is 0.308. The normalized spacial score (nSPS) is 11.2. The van der Waals surface area contributed by atoms with Gasteiger partial charge < -0.3 is 0 Å². The minimum Gasteiger partial charge on any atom is -0.298 e. The number of hydrogen-bond donors (Lipinski definition) is 0. The molecule has 18 heavy (non-hydrogen) atoms. The summed E-state index contributed by atoms with van der Waals surface area (Å²) in [6.45, 7) is 1.18. The van der Waals surface area contributed by atoms with Gasteiger partial charge in [-0.2, -0.15) is 5.10 Å². The van der Waals surface area contributed by atoms with Gasteiger partial charge in [0, 0.05) is 42.5 Å². The van der Waals surface area contributed by atoms with E-state index in [1.807, 2.05) is 25.2 Å². The minimum atomic E-state index is -0.263. The molecule has 1 aromatic heterocycles. The Morgan fingerprint density at radius 2 is 2.17 bits per heavy atom. The standard InChI is InChI=1S/C13H15ClFN3/c1-17(7-10-6-16-18(2)8-10)9-11-12(14)4-3-5-13(11)15/h3-6,8H,7,9H2,1-2H3. The van der Waals surface area contributed by atoms with Gasteiger partial charge in [0.25, 0.3) is 0 Å². The predicted molar refractivity (Wildman–Crippen MR) is 69.8 cm³/mol. The highest BCUT2D eigenvalue weighted by atomic mass is 35.5. The second-order valence-electron chi connectivity index (χ2n) is 4.39. The van der Waals surface area contributed by atoms with Crippen LogP contribution < -0.4 is 0 Å². The number of aromatic nitrogens is 2. The topological polar surface area (TPSA) is 21.1 Å². The van der Waals surface area contributed by atoms with Crippen LogP contribution in [-0.4, -0.2) is 21.7 Å². The first kappa shape index (κ1) is 13.1. The molecule has 0 amide bonds. The van der Waals surface area contributed by atoms with Gasteiger partial charge in [0.05, 0.1) is 6.20 Å². The zero-order valence-corrected chi connectivity index (χ0v) is 11.2. The van der Waals surface area contributed by atoms with E-state index in [9.17, 15) is 4.39 Å². The van der Waals surface area contributed by atoms with Crippen molar-refractivity contribution < 1.29 is 4.39 Å². The van der Waals surface area contributed by atoms with Gasteiger partial charge >= 0.3 is 0 Å². The number of benzene rings is 1. The van der Waals surface area contributed by atoms with E-state index in [-0.39, 0.29) is 5.82 Å². The van der Waals surface area contributed by atoms with E-state index in [1.54, 1.807) is 23.0 Å². The van der Waals surface area contributed by atoms with Crippen molar-refractivity contribution in [1.82, 2.24) is 14.7 Å². The molecule has 2 rings (SSSR count). The molecule has 0 aliphatic rings. The lowest BCUT2D eigenvalue weighted by Gasteiger charge is -2.17. The van der Waals surface area contributed by atoms with Crippen LogP contribution >= 0.6 is 11.6 Å². The highest BCUT2D eigenvalue weighted by molar-refractivity contribution is 6.31. The molecule has 96 valence electrons. The number of rotatable bonds is 4. The number of hydrogen-bond acceptors (Lipinski definition) is 2. The van der Waals surface area contributed by atoms with Gasteiger partial charge in [0.15, 0.2) is 0 Å². The van der Waals surface area contributed by atoms with E-state index in [1.165, 1.54) is 6.07 Å². The molecule has 1 aromatic carbocycles. The van der Waals surface area contributed by atoms with Crippen molar-refractivity contribution >= 4 is 11.6 Å². The molecule has 0 saturated carbocycles. The van der Waals surface area contributed by atoms with Gasteiger partial charge in [0.2, 0.25) is 0 Å². The third-order valence-corrected chi connectivity index (χ3v) is 3.05. The fourth-order valence-corrected chi connectivity index (χ4v) is 2.10. The summed E-state index contributed by atoms with van der Waals surface area (Å²) in [5.41, 5.74) is 1.62. The van der Waals surface area contributed by atoms with Crippen molar-refractivity contribution in [3.63, 3.8) is 0 Å². The minimum absolute atomic E-state index is 0.263. The van der Waals surface area contributed by atoms with Crippen LogP contribution in [0.5, 0.6) is 0 Å². The number of halogens is 2. The Bertz CT molecular complexity index is 519. The Morgan fingerprint density at radius 1 is 1.39 bits per heavy atom. The van der Waals surface area contributed by atoms with Crippen LogP contribution in [0, 0.1) is 5.82 Å². The fourth-order valence-electron chi connectivity index (χ4n) is 1.87. The summed E-state index contributed by atoms with van der Waals surface area (Å²) in [4.78, 5) is 2.00. The summed E-state index contributed by atoms with van der Waals surface area (Å²) in [6, 6.07) is 4.75. The monoisotopic (exact) mass is 267 g/mol. The average molecular weight is 268 g/mol. The Balaban J connectivity index is 2.05. The van der Waals surface area contributed by atoms with Crippen molar-refractivity contribution in [3.05, 3.63) is 52.6 Å². The Hall–Kier alpha value is -1.39. The van der Waals surface area contributed by atoms with E-state index in [0.717, 1.165) is 5.56 Å². The molecule has 0 spiro atoms. The molecular formula is C13H15ClFN3. The van der Waals surface area contributed by atoms with Gasteiger partial charge in [-0.3, -0.25) is 9.58 Å². The van der Waals surface area contributed by atoms with Crippen molar-refractivity contribution in [3.8, 4) is 0 Å². The Labute approximate surface area is 111 Å². The molecule has 5 heteroatoms. The molecule has 0 N–H and O–H groups in total. The summed E-state index contributed by atoms with van der Waals surface area (Å²) in [5.74, 6) is -0.263. The lowest BCUT2D eigenvalue weighted by molar-refractivity contribution is 0.313. The largest absolute Gasteiger partial charge is 0.298 e. The van der Waals surface area contributed by atoms with Gasteiger partial charge in [0.1, 0.15) is 5.82 Å². The summed E-state index contributed by atoms with van der Waals surface area (Å²) in [7, 11) is 3.80. The predicted octanol–water partition coefficient (Wildman–Crippen LogP) is 2.84. The number of aryl methyl sites for hydroxylation is 1.